The topological polar surface area (TPSA) is 26.0 Å². The fraction of sp³-hybridized carbons (Fsp3) is 0. The molecular formula is C6H4BrClFN. The quantitative estimate of drug-likeness (QED) is 0.532. The summed E-state index contributed by atoms with van der Waals surface area (Å²) in [6.07, 6.45) is 0. The van der Waals surface area contributed by atoms with Gasteiger partial charge < -0.3 is 5.73 Å². The molecule has 0 heterocycles. The van der Waals surface area contributed by atoms with Crippen LogP contribution in [0.2, 0.25) is 5.02 Å². The molecule has 54 valence electrons. The van der Waals surface area contributed by atoms with Gasteiger partial charge in [-0.25, -0.2) is 4.39 Å². The van der Waals surface area contributed by atoms with Gasteiger partial charge in [0.05, 0.1) is 15.2 Å². The smallest absolute Gasteiger partial charge is 0.139 e. The van der Waals surface area contributed by atoms with Crippen molar-refractivity contribution in [2.24, 2.45) is 0 Å². The number of halogens is 3. The van der Waals surface area contributed by atoms with Crippen LogP contribution in [0, 0.1) is 5.82 Å². The van der Waals surface area contributed by atoms with Gasteiger partial charge in [-0.1, -0.05) is 11.6 Å². The minimum Gasteiger partial charge on any atom is -0.397 e. The molecule has 0 bridgehead atoms. The average molecular weight is 224 g/mol. The molecule has 0 fully saturated rings. The number of nitrogen functional groups attached to an aromatic ring is 1. The second-order valence-electron chi connectivity index (χ2n) is 1.79. The Labute approximate surface area is 71.1 Å². The van der Waals surface area contributed by atoms with Crippen molar-refractivity contribution in [1.82, 2.24) is 0 Å². The monoisotopic (exact) mass is 223 g/mol. The number of hydrogen-bond acceptors (Lipinski definition) is 1. The molecule has 10 heavy (non-hydrogen) atoms. The minimum atomic E-state index is -0.401. The second-order valence-corrected chi connectivity index (χ2v) is 3.05. The SMILES string of the molecule is Nc1cc(F)c(Br)cc1Cl. The van der Waals surface area contributed by atoms with Crippen molar-refractivity contribution >= 4 is 33.2 Å². The van der Waals surface area contributed by atoms with E-state index in [0.29, 0.717) is 9.50 Å². The molecular weight excluding hydrogens is 220 g/mol. The zero-order valence-electron chi connectivity index (χ0n) is 4.87. The Balaban J connectivity index is 3.28. The molecule has 4 heteroatoms. The number of nitrogens with two attached hydrogens (primary N) is 1. The van der Waals surface area contributed by atoms with Crippen LogP contribution in [0.15, 0.2) is 16.6 Å². The van der Waals surface area contributed by atoms with E-state index >= 15 is 0 Å². The Morgan fingerprint density at radius 2 is 2.10 bits per heavy atom. The lowest BCUT2D eigenvalue weighted by molar-refractivity contribution is 0.622. The van der Waals surface area contributed by atoms with Crippen LogP contribution < -0.4 is 5.73 Å². The second kappa shape index (κ2) is 2.76. The molecule has 0 spiro atoms. The van der Waals surface area contributed by atoms with E-state index in [2.05, 4.69) is 15.9 Å². The fourth-order valence-electron chi connectivity index (χ4n) is 0.538. The predicted octanol–water partition coefficient (Wildman–Crippen LogP) is 2.82. The van der Waals surface area contributed by atoms with Gasteiger partial charge in [0.1, 0.15) is 5.82 Å². The first-order valence-corrected chi connectivity index (χ1v) is 3.68. The number of rotatable bonds is 0. The lowest BCUT2D eigenvalue weighted by Crippen LogP contribution is -1.88. The van der Waals surface area contributed by atoms with E-state index in [1.807, 2.05) is 0 Å². The predicted molar refractivity (Wildman–Crippen MR) is 43.5 cm³/mol. The highest BCUT2D eigenvalue weighted by molar-refractivity contribution is 9.10. The van der Waals surface area contributed by atoms with Crippen molar-refractivity contribution in [2.75, 3.05) is 5.73 Å². The third kappa shape index (κ3) is 1.41. The standard InChI is InChI=1S/C6H4BrClFN/c7-3-1-4(8)6(10)2-5(3)9/h1-2H,10H2. The van der Waals surface area contributed by atoms with Gasteiger partial charge in [-0.05, 0) is 28.1 Å². The minimum absolute atomic E-state index is 0.252. The summed E-state index contributed by atoms with van der Waals surface area (Å²) in [6, 6.07) is 2.60. The molecule has 0 radical (unpaired) electrons. The molecule has 0 saturated heterocycles. The van der Waals surface area contributed by atoms with E-state index in [1.165, 1.54) is 12.1 Å². The van der Waals surface area contributed by atoms with Gasteiger partial charge in [-0.3, -0.25) is 0 Å². The maximum absolute atomic E-state index is 12.6. The maximum atomic E-state index is 12.6. The van der Waals surface area contributed by atoms with Crippen LogP contribution in [0.1, 0.15) is 0 Å². The zero-order chi connectivity index (χ0) is 7.72. The van der Waals surface area contributed by atoms with E-state index in [4.69, 9.17) is 17.3 Å². The van der Waals surface area contributed by atoms with Crippen LogP contribution in [0.4, 0.5) is 10.1 Å². The van der Waals surface area contributed by atoms with Crippen molar-refractivity contribution in [3.8, 4) is 0 Å². The molecule has 1 aromatic carbocycles. The molecule has 0 aliphatic carbocycles. The number of anilines is 1. The molecule has 0 aromatic heterocycles. The Morgan fingerprint density at radius 1 is 1.50 bits per heavy atom. The van der Waals surface area contributed by atoms with Crippen LogP contribution >= 0.6 is 27.5 Å². The summed E-state index contributed by atoms with van der Waals surface area (Å²) in [5.41, 5.74) is 5.55. The first-order valence-electron chi connectivity index (χ1n) is 2.51. The molecule has 1 nitrogen and oxygen atoms in total. The van der Waals surface area contributed by atoms with Gasteiger partial charge >= 0.3 is 0 Å². The molecule has 0 amide bonds. The molecule has 0 unspecified atom stereocenters. The molecule has 0 aliphatic heterocycles. The normalized spacial score (nSPS) is 9.90. The summed E-state index contributed by atoms with van der Waals surface area (Å²) in [6.45, 7) is 0. The van der Waals surface area contributed by atoms with Gasteiger partial charge in [0.2, 0.25) is 0 Å². The summed E-state index contributed by atoms with van der Waals surface area (Å²) >= 11 is 8.53. The van der Waals surface area contributed by atoms with Crippen LogP contribution in [0.3, 0.4) is 0 Å². The summed E-state index contributed by atoms with van der Waals surface area (Å²) < 4.78 is 12.9. The van der Waals surface area contributed by atoms with Gasteiger partial charge in [-0.2, -0.15) is 0 Å². The van der Waals surface area contributed by atoms with Crippen LogP contribution in [-0.4, -0.2) is 0 Å². The first kappa shape index (κ1) is 7.82. The number of hydrogen-bond donors (Lipinski definition) is 1. The highest BCUT2D eigenvalue weighted by Crippen LogP contribution is 2.25. The Morgan fingerprint density at radius 3 is 2.60 bits per heavy atom. The molecule has 1 rings (SSSR count). The first-order chi connectivity index (χ1) is 4.61. The molecule has 0 aliphatic rings. The molecule has 1 aromatic rings. The average Bonchev–Trinajstić information content (AvgIpc) is 1.84. The van der Waals surface area contributed by atoms with E-state index in [9.17, 15) is 4.39 Å². The van der Waals surface area contributed by atoms with E-state index in [0.717, 1.165) is 0 Å². The summed E-state index contributed by atoms with van der Waals surface area (Å²) in [7, 11) is 0. The summed E-state index contributed by atoms with van der Waals surface area (Å²) in [5.74, 6) is -0.401. The van der Waals surface area contributed by atoms with Crippen LogP contribution in [-0.2, 0) is 0 Å². The molecule has 2 N–H and O–H groups in total. The van der Waals surface area contributed by atoms with Gasteiger partial charge in [0, 0.05) is 0 Å². The lowest BCUT2D eigenvalue weighted by Gasteiger charge is -1.98. The highest BCUT2D eigenvalue weighted by Gasteiger charge is 2.02. The van der Waals surface area contributed by atoms with Crippen molar-refractivity contribution in [3.05, 3.63) is 27.4 Å². The Kier molecular flexibility index (Phi) is 2.16. The largest absolute Gasteiger partial charge is 0.397 e. The highest BCUT2D eigenvalue weighted by atomic mass is 79.9. The number of benzene rings is 1. The fourth-order valence-corrected chi connectivity index (χ4v) is 1.18. The van der Waals surface area contributed by atoms with Crippen LogP contribution in [0.5, 0.6) is 0 Å². The van der Waals surface area contributed by atoms with Gasteiger partial charge in [-0.15, -0.1) is 0 Å². The summed E-state index contributed by atoms with van der Waals surface area (Å²) in [5, 5.41) is 0.355. The third-order valence-corrected chi connectivity index (χ3v) is 1.97. The van der Waals surface area contributed by atoms with E-state index < -0.39 is 5.82 Å². The van der Waals surface area contributed by atoms with E-state index in [1.54, 1.807) is 0 Å². The summed E-state index contributed by atoms with van der Waals surface area (Å²) in [4.78, 5) is 0. The Hall–Kier alpha value is -0.280. The van der Waals surface area contributed by atoms with Crippen molar-refractivity contribution < 1.29 is 4.39 Å². The van der Waals surface area contributed by atoms with Crippen LogP contribution in [0.25, 0.3) is 0 Å². The van der Waals surface area contributed by atoms with Crippen molar-refractivity contribution in [3.63, 3.8) is 0 Å². The third-order valence-electron chi connectivity index (χ3n) is 1.04. The van der Waals surface area contributed by atoms with Gasteiger partial charge in [0.15, 0.2) is 0 Å². The zero-order valence-corrected chi connectivity index (χ0v) is 7.21. The maximum Gasteiger partial charge on any atom is 0.139 e. The van der Waals surface area contributed by atoms with Crippen molar-refractivity contribution in [1.29, 1.82) is 0 Å². The van der Waals surface area contributed by atoms with E-state index in [-0.39, 0.29) is 5.69 Å². The van der Waals surface area contributed by atoms with Crippen molar-refractivity contribution in [2.45, 2.75) is 0 Å². The molecule has 0 saturated carbocycles. The lowest BCUT2D eigenvalue weighted by atomic mass is 10.3. The Bertz CT molecular complexity index is 214. The molecule has 0 atom stereocenters. The van der Waals surface area contributed by atoms with Gasteiger partial charge in [0.25, 0.3) is 0 Å².